The van der Waals surface area contributed by atoms with E-state index in [1.165, 1.54) is 0 Å². The molecule has 0 aliphatic rings. The lowest BCUT2D eigenvalue weighted by Crippen LogP contribution is -2.12. The van der Waals surface area contributed by atoms with Crippen LogP contribution in [0.3, 0.4) is 0 Å². The molecule has 0 N–H and O–H groups in total. The summed E-state index contributed by atoms with van der Waals surface area (Å²) < 4.78 is 4.88. The largest absolute Gasteiger partial charge is 0.466 e. The average Bonchev–Trinajstić information content (AvgIpc) is 2.15. The number of rotatable bonds is 8. The minimum atomic E-state index is -0.0722. The smallest absolute Gasteiger partial charge is 0.305 e. The second-order valence-corrected chi connectivity index (χ2v) is 4.65. The van der Waals surface area contributed by atoms with E-state index in [-0.39, 0.29) is 18.4 Å². The van der Waals surface area contributed by atoms with E-state index in [0.717, 1.165) is 25.7 Å². The summed E-state index contributed by atoms with van der Waals surface area (Å²) in [5.74, 6) is -0.0722. The molecule has 0 aromatic rings. The van der Waals surface area contributed by atoms with Gasteiger partial charge in [-0.1, -0.05) is 19.9 Å². The average molecular weight is 249 g/mol. The number of hydrogen-bond donors (Lipinski definition) is 0. The van der Waals surface area contributed by atoms with E-state index in [0.29, 0.717) is 18.4 Å². The normalized spacial score (nSPS) is 10.4. The molecular weight excluding hydrogens is 224 g/mol. The van der Waals surface area contributed by atoms with Crippen molar-refractivity contribution in [2.75, 3.05) is 6.61 Å². The number of ether oxygens (including phenoxy) is 1. The molecule has 16 heavy (non-hydrogen) atoms. The quantitative estimate of drug-likeness (QED) is 0.477. The number of esters is 1. The molecule has 0 saturated heterocycles. The van der Waals surface area contributed by atoms with Crippen molar-refractivity contribution in [3.05, 3.63) is 12.7 Å². The highest BCUT2D eigenvalue weighted by Crippen LogP contribution is 2.28. The molecule has 0 aliphatic heterocycles. The van der Waals surface area contributed by atoms with Crippen LogP contribution in [0.2, 0.25) is 0 Å². The third kappa shape index (κ3) is 10.0. The van der Waals surface area contributed by atoms with Gasteiger partial charge in [-0.25, -0.2) is 0 Å². The second-order valence-electron chi connectivity index (χ2n) is 4.65. The molecule has 0 bridgehead atoms. The third-order valence-electron chi connectivity index (χ3n) is 2.57. The Morgan fingerprint density at radius 2 is 2.00 bits per heavy atom. The van der Waals surface area contributed by atoms with Gasteiger partial charge in [-0.15, -0.1) is 19.0 Å². The van der Waals surface area contributed by atoms with E-state index in [1.807, 2.05) is 13.0 Å². The van der Waals surface area contributed by atoms with Crippen LogP contribution in [0, 0.1) is 5.41 Å². The number of carbonyl (C=O) groups is 1. The van der Waals surface area contributed by atoms with E-state index in [9.17, 15) is 4.79 Å². The number of allylic oxidation sites excluding steroid dienone is 1. The van der Waals surface area contributed by atoms with Crippen molar-refractivity contribution in [1.82, 2.24) is 0 Å². The van der Waals surface area contributed by atoms with Crippen molar-refractivity contribution in [1.29, 1.82) is 0 Å². The molecule has 0 unspecified atom stereocenters. The number of halogens is 1. The first kappa shape index (κ1) is 17.9. The molecule has 0 radical (unpaired) electrons. The molecule has 0 heterocycles. The minimum absolute atomic E-state index is 0. The summed E-state index contributed by atoms with van der Waals surface area (Å²) in [5.41, 5.74) is 0.306. The first-order valence-electron chi connectivity index (χ1n) is 5.78. The Morgan fingerprint density at radius 3 is 2.50 bits per heavy atom. The van der Waals surface area contributed by atoms with Crippen LogP contribution in [0.25, 0.3) is 0 Å². The van der Waals surface area contributed by atoms with Crippen molar-refractivity contribution in [2.24, 2.45) is 5.41 Å². The molecule has 2 nitrogen and oxygen atoms in total. The topological polar surface area (TPSA) is 26.3 Å². The fourth-order valence-corrected chi connectivity index (χ4v) is 1.56. The molecule has 0 amide bonds. The lowest BCUT2D eigenvalue weighted by molar-refractivity contribution is -0.143. The molecule has 0 aromatic heterocycles. The molecule has 0 fully saturated rings. The van der Waals surface area contributed by atoms with Crippen molar-refractivity contribution >= 4 is 18.4 Å². The van der Waals surface area contributed by atoms with Crippen molar-refractivity contribution in [3.8, 4) is 0 Å². The summed E-state index contributed by atoms with van der Waals surface area (Å²) in [5, 5.41) is 0. The SMILES string of the molecule is C=CCCC(C)(C)CCCC(=O)OCC.Cl. The Bertz CT molecular complexity index is 200. The van der Waals surface area contributed by atoms with Crippen LogP contribution in [-0.2, 0) is 9.53 Å². The Kier molecular flexibility index (Phi) is 10.8. The molecule has 0 spiro atoms. The lowest BCUT2D eigenvalue weighted by atomic mass is 9.83. The van der Waals surface area contributed by atoms with Gasteiger partial charge in [0.25, 0.3) is 0 Å². The summed E-state index contributed by atoms with van der Waals surface area (Å²) in [6.45, 7) is 10.5. The number of hydrogen-bond acceptors (Lipinski definition) is 2. The van der Waals surface area contributed by atoms with Crippen LogP contribution >= 0.6 is 12.4 Å². The van der Waals surface area contributed by atoms with Crippen LogP contribution in [0.1, 0.15) is 52.9 Å². The van der Waals surface area contributed by atoms with Gasteiger partial charge < -0.3 is 4.74 Å². The molecule has 0 saturated carbocycles. The first-order valence-corrected chi connectivity index (χ1v) is 5.78. The maximum absolute atomic E-state index is 11.1. The van der Waals surface area contributed by atoms with Crippen LogP contribution in [0.15, 0.2) is 12.7 Å². The molecule has 96 valence electrons. The fraction of sp³-hybridized carbons (Fsp3) is 0.769. The Hall–Kier alpha value is -0.500. The van der Waals surface area contributed by atoms with Crippen LogP contribution in [0.4, 0.5) is 0 Å². The Balaban J connectivity index is 0. The van der Waals surface area contributed by atoms with Crippen LogP contribution in [-0.4, -0.2) is 12.6 Å². The van der Waals surface area contributed by atoms with Gasteiger partial charge in [-0.3, -0.25) is 4.79 Å². The molecule has 3 heteroatoms. The van der Waals surface area contributed by atoms with Gasteiger partial charge in [-0.2, -0.15) is 0 Å². The van der Waals surface area contributed by atoms with Gasteiger partial charge in [-0.05, 0) is 38.0 Å². The summed E-state index contributed by atoms with van der Waals surface area (Å²) >= 11 is 0. The van der Waals surface area contributed by atoms with E-state index in [1.54, 1.807) is 0 Å². The highest BCUT2D eigenvalue weighted by Gasteiger charge is 2.16. The van der Waals surface area contributed by atoms with Crippen LogP contribution < -0.4 is 0 Å². The second kappa shape index (κ2) is 9.71. The van der Waals surface area contributed by atoms with Gasteiger partial charge in [0.1, 0.15) is 0 Å². The standard InChI is InChI=1S/C13H24O2.ClH/c1-5-7-10-13(3,4)11-8-9-12(14)15-6-2;/h5H,1,6-11H2,2-4H3;1H. The van der Waals surface area contributed by atoms with E-state index in [4.69, 9.17) is 4.74 Å². The molecule has 0 aliphatic carbocycles. The predicted molar refractivity (Wildman–Crippen MR) is 70.9 cm³/mol. The van der Waals surface area contributed by atoms with E-state index < -0.39 is 0 Å². The summed E-state index contributed by atoms with van der Waals surface area (Å²) in [7, 11) is 0. The molecule has 0 aromatic carbocycles. The predicted octanol–water partition coefficient (Wildman–Crippen LogP) is 4.13. The van der Waals surface area contributed by atoms with Gasteiger partial charge in [0, 0.05) is 6.42 Å². The highest BCUT2D eigenvalue weighted by atomic mass is 35.5. The number of carbonyl (C=O) groups excluding carboxylic acids is 1. The summed E-state index contributed by atoms with van der Waals surface area (Å²) in [4.78, 5) is 11.1. The Labute approximate surface area is 106 Å². The summed E-state index contributed by atoms with van der Waals surface area (Å²) in [6.07, 6.45) is 6.67. The molecule has 0 atom stereocenters. The molecule has 0 rings (SSSR count). The van der Waals surface area contributed by atoms with Crippen molar-refractivity contribution in [2.45, 2.75) is 52.9 Å². The third-order valence-corrected chi connectivity index (χ3v) is 2.57. The molecular formula is C13H25ClO2. The minimum Gasteiger partial charge on any atom is -0.466 e. The summed E-state index contributed by atoms with van der Waals surface area (Å²) in [6, 6.07) is 0. The monoisotopic (exact) mass is 248 g/mol. The Morgan fingerprint density at radius 1 is 1.38 bits per heavy atom. The van der Waals surface area contributed by atoms with E-state index >= 15 is 0 Å². The lowest BCUT2D eigenvalue weighted by Gasteiger charge is -2.23. The highest BCUT2D eigenvalue weighted by molar-refractivity contribution is 5.85. The van der Waals surface area contributed by atoms with E-state index in [2.05, 4.69) is 20.4 Å². The van der Waals surface area contributed by atoms with Gasteiger partial charge in [0.05, 0.1) is 6.61 Å². The van der Waals surface area contributed by atoms with Crippen LogP contribution in [0.5, 0.6) is 0 Å². The first-order chi connectivity index (χ1) is 7.02. The van der Waals surface area contributed by atoms with Crippen molar-refractivity contribution in [3.63, 3.8) is 0 Å². The van der Waals surface area contributed by atoms with Gasteiger partial charge in [0.2, 0.25) is 0 Å². The van der Waals surface area contributed by atoms with Gasteiger partial charge >= 0.3 is 5.97 Å². The maximum atomic E-state index is 11.1. The fourth-order valence-electron chi connectivity index (χ4n) is 1.56. The van der Waals surface area contributed by atoms with Crippen molar-refractivity contribution < 1.29 is 9.53 Å². The van der Waals surface area contributed by atoms with Gasteiger partial charge in [0.15, 0.2) is 0 Å². The maximum Gasteiger partial charge on any atom is 0.305 e. The zero-order valence-corrected chi connectivity index (χ0v) is 11.6. The zero-order chi connectivity index (χ0) is 11.7. The zero-order valence-electron chi connectivity index (χ0n) is 10.8.